The second kappa shape index (κ2) is 15.0. The van der Waals surface area contributed by atoms with Gasteiger partial charge in [0.15, 0.2) is 0 Å². The van der Waals surface area contributed by atoms with Crippen LogP contribution in [0.15, 0.2) is 55.6 Å². The Kier molecular flexibility index (Phi) is 12.6. The summed E-state index contributed by atoms with van der Waals surface area (Å²) in [7, 11) is 0. The van der Waals surface area contributed by atoms with Crippen LogP contribution < -0.4 is 10.6 Å². The van der Waals surface area contributed by atoms with Gasteiger partial charge in [0, 0.05) is 12.5 Å². The molecule has 1 aromatic rings. The minimum absolute atomic E-state index is 0.0134. The second-order valence-corrected chi connectivity index (χ2v) is 7.45. The fraction of sp³-hybridized carbons (Fsp3) is 0.458. The molecule has 2 amide bonds. The van der Waals surface area contributed by atoms with E-state index in [-0.39, 0.29) is 55.9 Å². The Morgan fingerprint density at radius 1 is 1.10 bits per heavy atom. The normalized spacial score (nSPS) is 13.4. The van der Waals surface area contributed by atoms with Gasteiger partial charge in [-0.25, -0.2) is 0 Å². The predicted molar refractivity (Wildman–Crippen MR) is 120 cm³/mol. The first-order valence-electron chi connectivity index (χ1n) is 10.5. The molecule has 0 bridgehead atoms. The van der Waals surface area contributed by atoms with E-state index in [0.717, 1.165) is 5.56 Å². The number of nitrogens with one attached hydrogen (secondary N) is 2. The third-order valence-corrected chi connectivity index (χ3v) is 4.69. The van der Waals surface area contributed by atoms with E-state index in [1.807, 2.05) is 30.3 Å². The zero-order valence-electron chi connectivity index (χ0n) is 18.2. The van der Waals surface area contributed by atoms with E-state index in [0.29, 0.717) is 19.3 Å². The Labute approximate surface area is 184 Å². The average molecular weight is 431 g/mol. The summed E-state index contributed by atoms with van der Waals surface area (Å²) >= 11 is 0. The van der Waals surface area contributed by atoms with Crippen molar-refractivity contribution >= 4 is 17.8 Å². The Morgan fingerprint density at radius 2 is 1.74 bits per heavy atom. The fourth-order valence-electron chi connectivity index (χ4n) is 3.04. The van der Waals surface area contributed by atoms with Gasteiger partial charge in [-0.2, -0.15) is 0 Å². The first-order valence-corrected chi connectivity index (χ1v) is 10.5. The van der Waals surface area contributed by atoms with Crippen LogP contribution in [0.25, 0.3) is 0 Å². The first kappa shape index (κ1) is 26.1. The highest BCUT2D eigenvalue weighted by atomic mass is 16.5. The summed E-state index contributed by atoms with van der Waals surface area (Å²) in [5, 5.41) is 14.3. The fourth-order valence-corrected chi connectivity index (χ4v) is 3.04. The molecule has 31 heavy (non-hydrogen) atoms. The van der Waals surface area contributed by atoms with Crippen LogP contribution in [0.5, 0.6) is 0 Å². The van der Waals surface area contributed by atoms with Crippen molar-refractivity contribution < 1.29 is 24.2 Å². The van der Waals surface area contributed by atoms with Crippen molar-refractivity contribution in [2.45, 2.75) is 38.6 Å². The van der Waals surface area contributed by atoms with Gasteiger partial charge in [0.05, 0.1) is 25.0 Å². The number of allylic oxidation sites excluding steroid dienone is 2. The van der Waals surface area contributed by atoms with Crippen molar-refractivity contribution in [2.24, 2.45) is 11.8 Å². The molecule has 170 valence electrons. The lowest BCUT2D eigenvalue weighted by Crippen LogP contribution is -2.39. The summed E-state index contributed by atoms with van der Waals surface area (Å²) in [4.78, 5) is 36.8. The third kappa shape index (κ3) is 10.6. The number of hydrogen-bond acceptors (Lipinski definition) is 5. The molecule has 0 unspecified atom stereocenters. The molecule has 0 aliphatic heterocycles. The van der Waals surface area contributed by atoms with Crippen molar-refractivity contribution in [2.75, 3.05) is 19.8 Å². The predicted octanol–water partition coefficient (Wildman–Crippen LogP) is 2.16. The maximum absolute atomic E-state index is 12.4. The lowest BCUT2D eigenvalue weighted by molar-refractivity contribution is -0.148. The Hall–Kier alpha value is -2.93. The maximum atomic E-state index is 12.4. The number of ether oxygens (including phenoxy) is 1. The highest BCUT2D eigenvalue weighted by Crippen LogP contribution is 2.15. The van der Waals surface area contributed by atoms with Gasteiger partial charge in [0.2, 0.25) is 11.8 Å². The quantitative estimate of drug-likeness (QED) is 0.225. The number of aliphatic hydroxyl groups excluding tert-OH is 1. The maximum Gasteiger partial charge on any atom is 0.309 e. The Bertz CT molecular complexity index is 720. The van der Waals surface area contributed by atoms with Crippen molar-refractivity contribution in [1.29, 1.82) is 0 Å². The van der Waals surface area contributed by atoms with Gasteiger partial charge in [-0.3, -0.25) is 14.4 Å². The topological polar surface area (TPSA) is 105 Å². The molecule has 0 aromatic heterocycles. The standard InChI is InChI=1S/C24H34N2O5/c1-4-9-20(16-22(28)26-18(3)17-27)23(29)25-13-14-31-24(30)21(10-5-2)15-19-11-7-6-8-12-19/h4-8,11-12,18,20-21,27H,1-2,9-10,13-17H2,3H3,(H,25,29)(H,26,28)/t18-,20-,21-/m0/s1. The number of benzene rings is 1. The smallest absolute Gasteiger partial charge is 0.309 e. The second-order valence-electron chi connectivity index (χ2n) is 7.45. The molecule has 0 fully saturated rings. The zero-order chi connectivity index (χ0) is 23.1. The largest absolute Gasteiger partial charge is 0.464 e. The van der Waals surface area contributed by atoms with E-state index in [1.54, 1.807) is 19.1 Å². The Balaban J connectivity index is 2.47. The van der Waals surface area contributed by atoms with Crippen LogP contribution in [-0.2, 0) is 25.5 Å². The number of amides is 2. The highest BCUT2D eigenvalue weighted by Gasteiger charge is 2.22. The summed E-state index contributed by atoms with van der Waals surface area (Å²) < 4.78 is 5.34. The number of carbonyl (C=O) groups is 3. The molecule has 3 N–H and O–H groups in total. The van der Waals surface area contributed by atoms with Gasteiger partial charge < -0.3 is 20.5 Å². The van der Waals surface area contributed by atoms with Crippen molar-refractivity contribution in [3.8, 4) is 0 Å². The van der Waals surface area contributed by atoms with Crippen LogP contribution in [0.2, 0.25) is 0 Å². The first-order chi connectivity index (χ1) is 14.9. The van der Waals surface area contributed by atoms with Gasteiger partial charge in [-0.05, 0) is 31.7 Å². The minimum atomic E-state index is -0.578. The minimum Gasteiger partial charge on any atom is -0.464 e. The number of carbonyl (C=O) groups excluding carboxylic acids is 3. The van der Waals surface area contributed by atoms with E-state index in [1.165, 1.54) is 0 Å². The van der Waals surface area contributed by atoms with E-state index < -0.39 is 5.92 Å². The number of hydrogen-bond donors (Lipinski definition) is 3. The highest BCUT2D eigenvalue weighted by molar-refractivity contribution is 5.86. The summed E-state index contributed by atoms with van der Waals surface area (Å²) in [5.74, 6) is -1.87. The van der Waals surface area contributed by atoms with Crippen LogP contribution in [0, 0.1) is 11.8 Å². The monoisotopic (exact) mass is 430 g/mol. The molecule has 7 nitrogen and oxygen atoms in total. The summed E-state index contributed by atoms with van der Waals surface area (Å²) in [6, 6.07) is 9.31. The molecule has 0 aliphatic rings. The number of esters is 1. The summed E-state index contributed by atoms with van der Waals surface area (Å²) in [6.07, 6.45) is 4.66. The zero-order valence-corrected chi connectivity index (χ0v) is 18.2. The SMILES string of the molecule is C=CC[C@@H](CC(=O)N[C@@H](C)CO)C(=O)NCCOC(=O)[C@@H](CC=C)Cc1ccccc1. The van der Waals surface area contributed by atoms with Crippen molar-refractivity contribution in [3.05, 3.63) is 61.2 Å². The molecule has 0 saturated heterocycles. The van der Waals surface area contributed by atoms with E-state index in [9.17, 15) is 14.4 Å². The molecule has 0 spiro atoms. The molecule has 0 heterocycles. The summed E-state index contributed by atoms with van der Waals surface area (Å²) in [5.41, 5.74) is 1.04. The van der Waals surface area contributed by atoms with E-state index >= 15 is 0 Å². The average Bonchev–Trinajstić information content (AvgIpc) is 2.76. The molecule has 7 heteroatoms. The molecule has 1 aromatic carbocycles. The van der Waals surface area contributed by atoms with Crippen LogP contribution in [0.3, 0.4) is 0 Å². The third-order valence-electron chi connectivity index (χ3n) is 4.69. The molecule has 3 atom stereocenters. The lowest BCUT2D eigenvalue weighted by Gasteiger charge is -2.18. The van der Waals surface area contributed by atoms with Crippen LogP contribution in [0.4, 0.5) is 0 Å². The van der Waals surface area contributed by atoms with Crippen LogP contribution >= 0.6 is 0 Å². The lowest BCUT2D eigenvalue weighted by atomic mass is 9.96. The van der Waals surface area contributed by atoms with E-state index in [2.05, 4.69) is 23.8 Å². The number of aliphatic hydroxyl groups is 1. The molecule has 0 radical (unpaired) electrons. The number of rotatable bonds is 15. The van der Waals surface area contributed by atoms with Gasteiger partial charge >= 0.3 is 5.97 Å². The van der Waals surface area contributed by atoms with Gasteiger partial charge in [0.1, 0.15) is 6.61 Å². The van der Waals surface area contributed by atoms with Crippen molar-refractivity contribution in [3.63, 3.8) is 0 Å². The molecular weight excluding hydrogens is 396 g/mol. The van der Waals surface area contributed by atoms with Crippen molar-refractivity contribution in [1.82, 2.24) is 10.6 Å². The van der Waals surface area contributed by atoms with Gasteiger partial charge in [0.25, 0.3) is 0 Å². The van der Waals surface area contributed by atoms with Crippen LogP contribution in [0.1, 0.15) is 31.7 Å². The summed E-state index contributed by atoms with van der Waals surface area (Å²) in [6.45, 7) is 9.03. The van der Waals surface area contributed by atoms with Gasteiger partial charge in [-0.1, -0.05) is 42.5 Å². The van der Waals surface area contributed by atoms with E-state index in [4.69, 9.17) is 9.84 Å². The molecule has 1 rings (SSSR count). The molecule has 0 saturated carbocycles. The molecule has 0 aliphatic carbocycles. The van der Waals surface area contributed by atoms with Crippen LogP contribution in [-0.4, -0.2) is 48.7 Å². The molecular formula is C24H34N2O5. The Morgan fingerprint density at radius 3 is 2.35 bits per heavy atom. The van der Waals surface area contributed by atoms with Gasteiger partial charge in [-0.15, -0.1) is 13.2 Å².